The van der Waals surface area contributed by atoms with E-state index in [1.165, 1.54) is 12.8 Å². The average molecular weight is 329 g/mol. The Balaban J connectivity index is 1.84. The number of aryl methyl sites for hydroxylation is 2. The first-order valence-electron chi connectivity index (χ1n) is 8.62. The van der Waals surface area contributed by atoms with Gasteiger partial charge in [-0.1, -0.05) is 19.8 Å². The summed E-state index contributed by atoms with van der Waals surface area (Å²) < 4.78 is 12.7. The second-order valence-electron chi connectivity index (χ2n) is 5.84. The van der Waals surface area contributed by atoms with E-state index in [0.717, 1.165) is 48.7 Å². The van der Waals surface area contributed by atoms with Crippen LogP contribution in [-0.2, 0) is 17.6 Å². The molecule has 0 unspecified atom stereocenters. The molecule has 2 aromatic rings. The van der Waals surface area contributed by atoms with Crippen LogP contribution in [0.25, 0.3) is 5.69 Å². The van der Waals surface area contributed by atoms with E-state index in [1.807, 2.05) is 12.1 Å². The molecular formula is C18H23N3O3. The van der Waals surface area contributed by atoms with Gasteiger partial charge in [0.1, 0.15) is 11.6 Å². The molecule has 0 saturated carbocycles. The quantitative estimate of drug-likeness (QED) is 0.577. The molecule has 128 valence electrons. The van der Waals surface area contributed by atoms with Gasteiger partial charge >= 0.3 is 5.97 Å². The molecule has 0 radical (unpaired) electrons. The lowest BCUT2D eigenvalue weighted by Crippen LogP contribution is -2.18. The first-order chi connectivity index (χ1) is 11.7. The summed E-state index contributed by atoms with van der Waals surface area (Å²) >= 11 is 0. The van der Waals surface area contributed by atoms with Crippen molar-refractivity contribution >= 4 is 5.97 Å². The molecule has 0 spiro atoms. The van der Waals surface area contributed by atoms with Crippen molar-refractivity contribution in [2.75, 3.05) is 13.2 Å². The van der Waals surface area contributed by atoms with E-state index >= 15 is 0 Å². The van der Waals surface area contributed by atoms with Crippen LogP contribution in [0.4, 0.5) is 0 Å². The van der Waals surface area contributed by atoms with Crippen molar-refractivity contribution in [1.29, 1.82) is 0 Å². The number of aromatic nitrogens is 3. The lowest BCUT2D eigenvalue weighted by molar-refractivity contribution is 0.0509. The first-order valence-corrected chi connectivity index (χ1v) is 8.62. The van der Waals surface area contributed by atoms with E-state index in [2.05, 4.69) is 23.2 Å². The molecule has 6 heteroatoms. The van der Waals surface area contributed by atoms with Crippen molar-refractivity contribution in [2.45, 2.75) is 46.0 Å². The Labute approximate surface area is 141 Å². The molecule has 0 saturated heterocycles. The third-order valence-electron chi connectivity index (χ3n) is 4.11. The third kappa shape index (κ3) is 3.27. The highest BCUT2D eigenvalue weighted by atomic mass is 16.5. The fourth-order valence-electron chi connectivity index (χ4n) is 2.92. The Bertz CT molecular complexity index is 724. The van der Waals surface area contributed by atoms with Gasteiger partial charge in [-0.15, -0.1) is 10.2 Å². The Kier molecular flexibility index (Phi) is 5.13. The number of ether oxygens (including phenoxy) is 2. The Morgan fingerprint density at radius 1 is 1.21 bits per heavy atom. The lowest BCUT2D eigenvalue weighted by atomic mass is 10.0. The van der Waals surface area contributed by atoms with Crippen molar-refractivity contribution in [3.05, 3.63) is 35.4 Å². The minimum absolute atomic E-state index is 0.240. The molecule has 0 aliphatic carbocycles. The van der Waals surface area contributed by atoms with Gasteiger partial charge in [0.05, 0.1) is 18.9 Å². The minimum Gasteiger partial charge on any atom is -0.494 e. The fraction of sp³-hybridized carbons (Fsp3) is 0.500. The maximum absolute atomic E-state index is 12.1. The highest BCUT2D eigenvalue weighted by Crippen LogP contribution is 2.29. The number of hydrogen-bond donors (Lipinski definition) is 0. The standard InChI is InChI=1S/C18H23N3O3/c1-3-5-6-11-24-14-8-9-15-13(12-14)7-10-16-19-20-17(21(15)16)18(22)23-4-2/h8-9,12H,3-7,10-11H2,1-2H3. The van der Waals surface area contributed by atoms with Gasteiger partial charge in [-0.05, 0) is 43.5 Å². The van der Waals surface area contributed by atoms with Gasteiger partial charge in [-0.3, -0.25) is 4.57 Å². The molecule has 1 aromatic heterocycles. The summed E-state index contributed by atoms with van der Waals surface area (Å²) in [5, 5.41) is 8.15. The van der Waals surface area contributed by atoms with E-state index in [1.54, 1.807) is 11.5 Å². The second kappa shape index (κ2) is 7.47. The first kappa shape index (κ1) is 16.5. The molecule has 1 aliphatic heterocycles. The van der Waals surface area contributed by atoms with Crippen LogP contribution in [0.15, 0.2) is 18.2 Å². The molecule has 0 amide bonds. The molecule has 0 atom stereocenters. The van der Waals surface area contributed by atoms with E-state index in [9.17, 15) is 4.79 Å². The van der Waals surface area contributed by atoms with Crippen molar-refractivity contribution in [2.24, 2.45) is 0 Å². The zero-order valence-electron chi connectivity index (χ0n) is 14.2. The zero-order valence-corrected chi connectivity index (χ0v) is 14.2. The van der Waals surface area contributed by atoms with Gasteiger partial charge in [0.2, 0.25) is 5.82 Å². The summed E-state index contributed by atoms with van der Waals surface area (Å²) in [4.78, 5) is 12.1. The molecular weight excluding hydrogens is 306 g/mol. The van der Waals surface area contributed by atoms with E-state index in [4.69, 9.17) is 9.47 Å². The fourth-order valence-corrected chi connectivity index (χ4v) is 2.92. The summed E-state index contributed by atoms with van der Waals surface area (Å²) in [6.07, 6.45) is 5.04. The monoisotopic (exact) mass is 329 g/mol. The van der Waals surface area contributed by atoms with Gasteiger partial charge in [-0.2, -0.15) is 0 Å². The number of unbranched alkanes of at least 4 members (excludes halogenated alkanes) is 2. The number of carbonyl (C=O) groups is 1. The van der Waals surface area contributed by atoms with Crippen molar-refractivity contribution < 1.29 is 14.3 Å². The van der Waals surface area contributed by atoms with E-state index in [0.29, 0.717) is 6.61 Å². The molecule has 0 fully saturated rings. The molecule has 1 aliphatic rings. The summed E-state index contributed by atoms with van der Waals surface area (Å²) in [7, 11) is 0. The molecule has 0 bridgehead atoms. The molecule has 6 nitrogen and oxygen atoms in total. The van der Waals surface area contributed by atoms with Gasteiger partial charge in [0.15, 0.2) is 0 Å². The van der Waals surface area contributed by atoms with Crippen molar-refractivity contribution in [3.63, 3.8) is 0 Å². The van der Waals surface area contributed by atoms with Crippen molar-refractivity contribution in [3.8, 4) is 11.4 Å². The molecule has 1 aromatic carbocycles. The number of fused-ring (bicyclic) bond motifs is 3. The van der Waals surface area contributed by atoms with Crippen molar-refractivity contribution in [1.82, 2.24) is 14.8 Å². The topological polar surface area (TPSA) is 66.2 Å². The minimum atomic E-state index is -0.441. The molecule has 3 rings (SSSR count). The van der Waals surface area contributed by atoms with Crippen LogP contribution < -0.4 is 4.74 Å². The van der Waals surface area contributed by atoms with Gasteiger partial charge in [-0.25, -0.2) is 4.79 Å². The zero-order chi connectivity index (χ0) is 16.9. The smallest absolute Gasteiger partial charge is 0.376 e. The molecule has 2 heterocycles. The van der Waals surface area contributed by atoms with Crippen LogP contribution in [0.1, 0.15) is 55.1 Å². The number of rotatable bonds is 7. The maximum atomic E-state index is 12.1. The SMILES string of the molecule is CCCCCOc1ccc2c(c1)CCc1nnc(C(=O)OCC)n1-2. The molecule has 24 heavy (non-hydrogen) atoms. The Morgan fingerprint density at radius 3 is 2.88 bits per heavy atom. The maximum Gasteiger partial charge on any atom is 0.376 e. The summed E-state index contributed by atoms with van der Waals surface area (Å²) in [6, 6.07) is 5.97. The highest BCUT2D eigenvalue weighted by molar-refractivity contribution is 5.86. The third-order valence-corrected chi connectivity index (χ3v) is 4.11. The van der Waals surface area contributed by atoms with Crippen LogP contribution in [0, 0.1) is 0 Å². The van der Waals surface area contributed by atoms with Crippen LogP contribution >= 0.6 is 0 Å². The number of benzene rings is 1. The number of carbonyl (C=O) groups excluding carboxylic acids is 1. The van der Waals surface area contributed by atoms with Crippen LogP contribution in [0.3, 0.4) is 0 Å². The normalized spacial score (nSPS) is 12.4. The van der Waals surface area contributed by atoms with E-state index in [-0.39, 0.29) is 5.82 Å². The second-order valence-corrected chi connectivity index (χ2v) is 5.84. The van der Waals surface area contributed by atoms with Crippen LogP contribution in [0.2, 0.25) is 0 Å². The summed E-state index contributed by atoms with van der Waals surface area (Å²) in [5.74, 6) is 1.47. The lowest BCUT2D eigenvalue weighted by Gasteiger charge is -2.20. The predicted molar refractivity (Wildman–Crippen MR) is 89.7 cm³/mol. The Hall–Kier alpha value is -2.37. The van der Waals surface area contributed by atoms with Gasteiger partial charge < -0.3 is 9.47 Å². The van der Waals surface area contributed by atoms with Gasteiger partial charge in [0, 0.05) is 6.42 Å². The highest BCUT2D eigenvalue weighted by Gasteiger charge is 2.26. The largest absolute Gasteiger partial charge is 0.494 e. The molecule has 0 N–H and O–H groups in total. The Morgan fingerprint density at radius 2 is 2.08 bits per heavy atom. The number of hydrogen-bond acceptors (Lipinski definition) is 5. The summed E-state index contributed by atoms with van der Waals surface area (Å²) in [5.41, 5.74) is 2.08. The average Bonchev–Trinajstić information content (AvgIpc) is 3.03. The predicted octanol–water partition coefficient (Wildman–Crippen LogP) is 3.11. The van der Waals surface area contributed by atoms with Gasteiger partial charge in [0.25, 0.3) is 0 Å². The van der Waals surface area contributed by atoms with Crippen LogP contribution in [-0.4, -0.2) is 33.9 Å². The van der Waals surface area contributed by atoms with Crippen LogP contribution in [0.5, 0.6) is 5.75 Å². The number of esters is 1. The number of nitrogens with zero attached hydrogens (tertiary/aromatic N) is 3. The summed E-state index contributed by atoms with van der Waals surface area (Å²) in [6.45, 7) is 5.01. The van der Waals surface area contributed by atoms with E-state index < -0.39 is 5.97 Å².